The van der Waals surface area contributed by atoms with Crippen LogP contribution >= 0.6 is 0 Å². The summed E-state index contributed by atoms with van der Waals surface area (Å²) >= 11 is 0. The predicted octanol–water partition coefficient (Wildman–Crippen LogP) is 2.16. The van der Waals surface area contributed by atoms with Crippen molar-refractivity contribution in [2.45, 2.75) is 0 Å². The molecule has 0 radical (unpaired) electrons. The lowest BCUT2D eigenvalue weighted by molar-refractivity contribution is 0.331. The van der Waals surface area contributed by atoms with Crippen molar-refractivity contribution in [2.75, 3.05) is 14.2 Å². The minimum atomic E-state index is 0.280. The van der Waals surface area contributed by atoms with Gasteiger partial charge in [0.25, 0.3) is 5.88 Å². The third-order valence-corrected chi connectivity index (χ3v) is 2.32. The Morgan fingerprint density at radius 3 is 2.37 bits per heavy atom. The zero-order valence-corrected chi connectivity index (χ0v) is 10.5. The number of benzene rings is 1. The molecule has 6 heteroatoms. The quantitative estimate of drug-likeness (QED) is 0.835. The van der Waals surface area contributed by atoms with E-state index in [0.29, 0.717) is 17.1 Å². The Morgan fingerprint density at radius 1 is 1.05 bits per heavy atom. The maximum atomic E-state index is 8.70. The highest BCUT2D eigenvalue weighted by Crippen LogP contribution is 2.28. The van der Waals surface area contributed by atoms with Gasteiger partial charge in [0.1, 0.15) is 5.75 Å². The molecule has 1 aromatic carbocycles. The lowest BCUT2D eigenvalue weighted by atomic mass is 10.2. The molecule has 6 nitrogen and oxygen atoms in total. The number of aromatic nitrogens is 2. The summed E-state index contributed by atoms with van der Waals surface area (Å²) < 4.78 is 15.6. The van der Waals surface area contributed by atoms with Crippen LogP contribution in [0.2, 0.25) is 0 Å². The molecule has 96 valence electrons. The summed E-state index contributed by atoms with van der Waals surface area (Å²) in [6, 6.07) is 10.3. The van der Waals surface area contributed by atoms with Gasteiger partial charge < -0.3 is 14.2 Å². The second-order valence-corrected chi connectivity index (χ2v) is 3.50. The summed E-state index contributed by atoms with van der Waals surface area (Å²) in [4.78, 5) is 0. The molecule has 0 fully saturated rings. The van der Waals surface area contributed by atoms with Gasteiger partial charge in [-0.1, -0.05) is 0 Å². The average molecular weight is 257 g/mol. The summed E-state index contributed by atoms with van der Waals surface area (Å²) in [7, 11) is 2.98. The van der Waals surface area contributed by atoms with E-state index in [4.69, 9.17) is 19.5 Å². The van der Waals surface area contributed by atoms with Gasteiger partial charge in [0.05, 0.1) is 31.9 Å². The highest BCUT2D eigenvalue weighted by atomic mass is 16.5. The van der Waals surface area contributed by atoms with Crippen LogP contribution in [0.25, 0.3) is 0 Å². The molecule has 0 aliphatic rings. The van der Waals surface area contributed by atoms with Crippen LogP contribution in [0.5, 0.6) is 23.3 Å². The van der Waals surface area contributed by atoms with E-state index in [2.05, 4.69) is 10.2 Å². The second-order valence-electron chi connectivity index (χ2n) is 3.50. The largest absolute Gasteiger partial charge is 0.491 e. The minimum Gasteiger partial charge on any atom is -0.491 e. The van der Waals surface area contributed by atoms with Gasteiger partial charge in [-0.15, -0.1) is 10.2 Å². The molecule has 0 spiro atoms. The first kappa shape index (κ1) is 12.6. The van der Waals surface area contributed by atoms with E-state index in [1.165, 1.54) is 14.2 Å². The van der Waals surface area contributed by atoms with Crippen LogP contribution in [0.15, 0.2) is 30.3 Å². The molecule has 1 aromatic heterocycles. The normalized spacial score (nSPS) is 9.53. The van der Waals surface area contributed by atoms with Crippen molar-refractivity contribution in [2.24, 2.45) is 0 Å². The Balaban J connectivity index is 2.20. The molecule has 1 heterocycles. The lowest BCUT2D eigenvalue weighted by Gasteiger charge is -2.08. The minimum absolute atomic E-state index is 0.280. The van der Waals surface area contributed by atoms with E-state index in [1.807, 2.05) is 6.07 Å². The van der Waals surface area contributed by atoms with E-state index < -0.39 is 0 Å². The third-order valence-electron chi connectivity index (χ3n) is 2.32. The van der Waals surface area contributed by atoms with Crippen molar-refractivity contribution in [1.82, 2.24) is 10.2 Å². The lowest BCUT2D eigenvalue weighted by Crippen LogP contribution is -1.97. The highest BCUT2D eigenvalue weighted by molar-refractivity contribution is 5.39. The molecular formula is C13H11N3O3. The molecule has 19 heavy (non-hydrogen) atoms. The number of rotatable bonds is 4. The zero-order chi connectivity index (χ0) is 13.7. The van der Waals surface area contributed by atoms with Crippen molar-refractivity contribution >= 4 is 0 Å². The van der Waals surface area contributed by atoms with Gasteiger partial charge in [0.2, 0.25) is 5.88 Å². The third kappa shape index (κ3) is 2.90. The molecule has 2 aromatic rings. The Labute approximate surface area is 110 Å². The number of hydrogen-bond acceptors (Lipinski definition) is 6. The molecule has 0 saturated carbocycles. The fourth-order valence-electron chi connectivity index (χ4n) is 1.40. The number of ether oxygens (including phenoxy) is 3. The molecule has 0 atom stereocenters. The Bertz CT molecular complexity index is 606. The van der Waals surface area contributed by atoms with Crippen LogP contribution in [0.4, 0.5) is 0 Å². The van der Waals surface area contributed by atoms with Crippen molar-refractivity contribution in [3.8, 4) is 29.3 Å². The van der Waals surface area contributed by atoms with Crippen molar-refractivity contribution in [3.05, 3.63) is 35.9 Å². The van der Waals surface area contributed by atoms with Crippen molar-refractivity contribution in [1.29, 1.82) is 5.26 Å². The number of nitrogens with zero attached hydrogens (tertiary/aromatic N) is 3. The zero-order valence-electron chi connectivity index (χ0n) is 10.5. The van der Waals surface area contributed by atoms with Gasteiger partial charge >= 0.3 is 0 Å². The summed E-state index contributed by atoms with van der Waals surface area (Å²) in [5, 5.41) is 16.4. The SMILES string of the molecule is COc1cc(Oc2ccc(C#N)cc2)nnc1OC. The first-order chi connectivity index (χ1) is 9.26. The molecule has 2 rings (SSSR count). The Hall–Kier alpha value is -2.81. The van der Waals surface area contributed by atoms with E-state index in [0.717, 1.165) is 0 Å². The summed E-state index contributed by atoms with van der Waals surface area (Å²) in [5.74, 6) is 1.55. The van der Waals surface area contributed by atoms with Crippen LogP contribution in [-0.2, 0) is 0 Å². The van der Waals surface area contributed by atoms with Crippen LogP contribution in [-0.4, -0.2) is 24.4 Å². The topological polar surface area (TPSA) is 77.3 Å². The second kappa shape index (κ2) is 5.69. The molecule has 0 saturated heterocycles. The van der Waals surface area contributed by atoms with Crippen molar-refractivity contribution < 1.29 is 14.2 Å². The Kier molecular flexibility index (Phi) is 3.78. The van der Waals surface area contributed by atoms with Crippen molar-refractivity contribution in [3.63, 3.8) is 0 Å². The van der Waals surface area contributed by atoms with Gasteiger partial charge in [0.15, 0.2) is 5.75 Å². The van der Waals surface area contributed by atoms with E-state index in [1.54, 1.807) is 30.3 Å². The molecule has 0 aliphatic carbocycles. The molecule has 0 amide bonds. The van der Waals surface area contributed by atoms with Gasteiger partial charge in [-0.3, -0.25) is 0 Å². The molecule has 0 unspecified atom stereocenters. The van der Waals surface area contributed by atoms with Gasteiger partial charge in [-0.2, -0.15) is 5.26 Å². The summed E-state index contributed by atoms with van der Waals surface area (Å²) in [6.45, 7) is 0. The first-order valence-corrected chi connectivity index (χ1v) is 5.40. The summed E-state index contributed by atoms with van der Waals surface area (Å²) in [5.41, 5.74) is 0.561. The van der Waals surface area contributed by atoms with E-state index in [-0.39, 0.29) is 11.8 Å². The fourth-order valence-corrected chi connectivity index (χ4v) is 1.40. The van der Waals surface area contributed by atoms with E-state index in [9.17, 15) is 0 Å². The standard InChI is InChI=1S/C13H11N3O3/c1-17-11-7-12(15-16-13(11)18-2)19-10-5-3-9(8-14)4-6-10/h3-7H,1-2H3. The fraction of sp³-hybridized carbons (Fsp3) is 0.154. The van der Waals surface area contributed by atoms with Gasteiger partial charge in [-0.05, 0) is 24.3 Å². The predicted molar refractivity (Wildman–Crippen MR) is 66.4 cm³/mol. The highest BCUT2D eigenvalue weighted by Gasteiger charge is 2.09. The van der Waals surface area contributed by atoms with E-state index >= 15 is 0 Å². The number of hydrogen-bond donors (Lipinski definition) is 0. The molecular weight excluding hydrogens is 246 g/mol. The molecule has 0 bridgehead atoms. The number of nitriles is 1. The van der Waals surface area contributed by atoms with Gasteiger partial charge in [0, 0.05) is 0 Å². The monoisotopic (exact) mass is 257 g/mol. The Morgan fingerprint density at radius 2 is 1.79 bits per heavy atom. The van der Waals surface area contributed by atoms with Crippen LogP contribution in [0.1, 0.15) is 5.56 Å². The van der Waals surface area contributed by atoms with Crippen LogP contribution < -0.4 is 14.2 Å². The molecule has 0 aliphatic heterocycles. The molecule has 0 N–H and O–H groups in total. The summed E-state index contributed by atoms with van der Waals surface area (Å²) in [6.07, 6.45) is 0. The first-order valence-electron chi connectivity index (χ1n) is 5.40. The maximum Gasteiger partial charge on any atom is 0.276 e. The maximum absolute atomic E-state index is 8.70. The number of methoxy groups -OCH3 is 2. The van der Waals surface area contributed by atoms with Crippen LogP contribution in [0, 0.1) is 11.3 Å². The smallest absolute Gasteiger partial charge is 0.276 e. The van der Waals surface area contributed by atoms with Crippen LogP contribution in [0.3, 0.4) is 0 Å². The average Bonchev–Trinajstić information content (AvgIpc) is 2.48. The van der Waals surface area contributed by atoms with Gasteiger partial charge in [-0.25, -0.2) is 0 Å².